The minimum atomic E-state index is 0.670. The van der Waals surface area contributed by atoms with Crippen LogP contribution in [0.2, 0.25) is 0 Å². The molecule has 18 heavy (non-hydrogen) atoms. The van der Waals surface area contributed by atoms with Crippen molar-refractivity contribution in [1.82, 2.24) is 10.2 Å². The molecule has 0 spiro atoms. The van der Waals surface area contributed by atoms with Gasteiger partial charge in [-0.2, -0.15) is 0 Å². The van der Waals surface area contributed by atoms with Crippen LogP contribution in [-0.2, 0) is 6.54 Å². The van der Waals surface area contributed by atoms with Crippen molar-refractivity contribution in [2.75, 3.05) is 13.1 Å². The van der Waals surface area contributed by atoms with E-state index < -0.39 is 0 Å². The Morgan fingerprint density at radius 2 is 2.33 bits per heavy atom. The van der Waals surface area contributed by atoms with E-state index in [2.05, 4.69) is 52.1 Å². The molecule has 2 heterocycles. The zero-order valence-electron chi connectivity index (χ0n) is 11.3. The second-order valence-electron chi connectivity index (χ2n) is 5.21. The quantitative estimate of drug-likeness (QED) is 0.901. The summed E-state index contributed by atoms with van der Waals surface area (Å²) in [5, 5.41) is 3.69. The molecule has 2 atom stereocenters. The largest absolute Gasteiger partial charge is 0.313 e. The Kier molecular flexibility index (Phi) is 5.67. The molecule has 1 fully saturated rings. The molecule has 4 heteroatoms. The van der Waals surface area contributed by atoms with Gasteiger partial charge in [-0.1, -0.05) is 13.3 Å². The third-order valence-electron chi connectivity index (χ3n) is 3.70. The van der Waals surface area contributed by atoms with Gasteiger partial charge in [0.05, 0.1) is 3.79 Å². The molecular formula is C14H23BrN2S. The van der Waals surface area contributed by atoms with Crippen molar-refractivity contribution in [2.24, 2.45) is 0 Å². The van der Waals surface area contributed by atoms with Crippen LogP contribution in [0.5, 0.6) is 0 Å². The molecule has 1 aliphatic rings. The van der Waals surface area contributed by atoms with Crippen molar-refractivity contribution >= 4 is 27.3 Å². The molecule has 2 nitrogen and oxygen atoms in total. The molecule has 0 amide bonds. The average molecular weight is 331 g/mol. The average Bonchev–Trinajstić information content (AvgIpc) is 2.65. The summed E-state index contributed by atoms with van der Waals surface area (Å²) in [5.74, 6) is 0. The molecule has 1 aliphatic heterocycles. The molecule has 102 valence electrons. The zero-order chi connectivity index (χ0) is 13.0. The summed E-state index contributed by atoms with van der Waals surface area (Å²) in [6, 6.07) is 5.75. The molecule has 0 radical (unpaired) electrons. The Morgan fingerprint density at radius 3 is 3.00 bits per heavy atom. The molecule has 1 aromatic rings. The number of hydrogen-bond acceptors (Lipinski definition) is 3. The van der Waals surface area contributed by atoms with E-state index in [1.807, 2.05) is 11.3 Å². The lowest BCUT2D eigenvalue weighted by molar-refractivity contribution is 0.195. The van der Waals surface area contributed by atoms with Gasteiger partial charge >= 0.3 is 0 Å². The van der Waals surface area contributed by atoms with Crippen LogP contribution in [-0.4, -0.2) is 30.1 Å². The summed E-state index contributed by atoms with van der Waals surface area (Å²) >= 11 is 5.41. The van der Waals surface area contributed by atoms with Crippen LogP contribution in [0, 0.1) is 0 Å². The Balaban J connectivity index is 1.98. The van der Waals surface area contributed by atoms with Crippen molar-refractivity contribution in [3.05, 3.63) is 20.8 Å². The normalized spacial score (nSPS) is 26.2. The van der Waals surface area contributed by atoms with E-state index in [4.69, 9.17) is 0 Å². The van der Waals surface area contributed by atoms with E-state index in [0.717, 1.165) is 13.1 Å². The van der Waals surface area contributed by atoms with E-state index >= 15 is 0 Å². The van der Waals surface area contributed by atoms with Crippen molar-refractivity contribution < 1.29 is 0 Å². The van der Waals surface area contributed by atoms with Crippen LogP contribution in [0.4, 0.5) is 0 Å². The molecule has 2 rings (SSSR count). The van der Waals surface area contributed by atoms with Crippen molar-refractivity contribution in [1.29, 1.82) is 0 Å². The van der Waals surface area contributed by atoms with E-state index in [0.29, 0.717) is 12.1 Å². The molecule has 0 bridgehead atoms. The maximum atomic E-state index is 3.69. The first-order chi connectivity index (χ1) is 8.69. The third-order valence-corrected chi connectivity index (χ3v) is 5.31. The van der Waals surface area contributed by atoms with E-state index in [9.17, 15) is 0 Å². The fourth-order valence-electron chi connectivity index (χ4n) is 2.61. The first-order valence-corrected chi connectivity index (χ1v) is 8.51. The highest BCUT2D eigenvalue weighted by atomic mass is 79.9. The van der Waals surface area contributed by atoms with Gasteiger partial charge in [-0.15, -0.1) is 11.3 Å². The number of nitrogens with zero attached hydrogens (tertiary/aromatic N) is 1. The summed E-state index contributed by atoms with van der Waals surface area (Å²) in [4.78, 5) is 4.10. The Morgan fingerprint density at radius 1 is 1.50 bits per heavy atom. The van der Waals surface area contributed by atoms with Crippen LogP contribution < -0.4 is 5.32 Å². The second-order valence-corrected chi connectivity index (χ2v) is 7.76. The van der Waals surface area contributed by atoms with Crippen LogP contribution >= 0.6 is 27.3 Å². The summed E-state index contributed by atoms with van der Waals surface area (Å²) in [5.41, 5.74) is 0. The molecule has 0 aliphatic carbocycles. The van der Waals surface area contributed by atoms with Crippen molar-refractivity contribution in [3.8, 4) is 0 Å². The molecule has 1 aromatic heterocycles. The highest BCUT2D eigenvalue weighted by Gasteiger charge is 2.22. The fourth-order valence-corrected chi connectivity index (χ4v) is 4.11. The lowest BCUT2D eigenvalue weighted by Gasteiger charge is -2.28. The molecule has 2 unspecified atom stereocenters. The number of hydrogen-bond donors (Lipinski definition) is 1. The molecule has 1 saturated heterocycles. The SMILES string of the molecule is CCCC1CN(Cc2ccc(Br)s2)C(C)CCN1. The third kappa shape index (κ3) is 4.05. The lowest BCUT2D eigenvalue weighted by atomic mass is 10.1. The topological polar surface area (TPSA) is 15.3 Å². The molecular weight excluding hydrogens is 308 g/mol. The van der Waals surface area contributed by atoms with Gasteiger partial charge in [-0.25, -0.2) is 0 Å². The number of nitrogens with one attached hydrogen (secondary N) is 1. The zero-order valence-corrected chi connectivity index (χ0v) is 13.7. The highest BCUT2D eigenvalue weighted by Crippen LogP contribution is 2.25. The summed E-state index contributed by atoms with van der Waals surface area (Å²) in [6.45, 7) is 8.08. The van der Waals surface area contributed by atoms with Gasteiger partial charge in [0.2, 0.25) is 0 Å². The van der Waals surface area contributed by atoms with Gasteiger partial charge in [0, 0.05) is 30.1 Å². The van der Waals surface area contributed by atoms with Gasteiger partial charge in [0.25, 0.3) is 0 Å². The van der Waals surface area contributed by atoms with Crippen LogP contribution in [0.3, 0.4) is 0 Å². The van der Waals surface area contributed by atoms with E-state index in [1.54, 1.807) is 0 Å². The second kappa shape index (κ2) is 7.04. The highest BCUT2D eigenvalue weighted by molar-refractivity contribution is 9.11. The van der Waals surface area contributed by atoms with Crippen LogP contribution in [0.15, 0.2) is 15.9 Å². The van der Waals surface area contributed by atoms with Crippen molar-refractivity contribution in [2.45, 2.75) is 51.7 Å². The van der Waals surface area contributed by atoms with Gasteiger partial charge in [0.1, 0.15) is 0 Å². The number of halogens is 1. The van der Waals surface area contributed by atoms with Crippen LogP contribution in [0.25, 0.3) is 0 Å². The minimum Gasteiger partial charge on any atom is -0.313 e. The van der Waals surface area contributed by atoms with Gasteiger partial charge in [-0.3, -0.25) is 4.90 Å². The maximum absolute atomic E-state index is 3.69. The summed E-state index contributed by atoms with van der Waals surface area (Å²) in [7, 11) is 0. The predicted molar refractivity (Wildman–Crippen MR) is 83.2 cm³/mol. The van der Waals surface area contributed by atoms with Gasteiger partial charge in [0.15, 0.2) is 0 Å². The predicted octanol–water partition coefficient (Wildman–Crippen LogP) is 3.86. The fraction of sp³-hybridized carbons (Fsp3) is 0.714. The summed E-state index contributed by atoms with van der Waals surface area (Å²) < 4.78 is 1.24. The minimum absolute atomic E-state index is 0.670. The monoisotopic (exact) mass is 330 g/mol. The standard InChI is InChI=1S/C14H23BrN2S/c1-3-4-12-9-17(11(2)7-8-16-12)10-13-5-6-14(15)18-13/h5-6,11-12,16H,3-4,7-10H2,1-2H3. The van der Waals surface area contributed by atoms with E-state index in [1.165, 1.54) is 34.5 Å². The first kappa shape index (κ1) is 14.5. The smallest absolute Gasteiger partial charge is 0.0701 e. The Hall–Kier alpha value is 0.1000. The van der Waals surface area contributed by atoms with Gasteiger partial charge in [-0.05, 0) is 54.4 Å². The van der Waals surface area contributed by atoms with Crippen molar-refractivity contribution in [3.63, 3.8) is 0 Å². The molecule has 0 aromatic carbocycles. The molecule has 0 saturated carbocycles. The lowest BCUT2D eigenvalue weighted by Crippen LogP contribution is -2.39. The van der Waals surface area contributed by atoms with Gasteiger partial charge < -0.3 is 5.32 Å². The number of thiophene rings is 1. The Bertz CT molecular complexity index is 366. The van der Waals surface area contributed by atoms with E-state index in [-0.39, 0.29) is 0 Å². The first-order valence-electron chi connectivity index (χ1n) is 6.90. The number of rotatable bonds is 4. The Labute approximate surface area is 123 Å². The maximum Gasteiger partial charge on any atom is 0.0701 e. The molecule has 1 N–H and O–H groups in total. The summed E-state index contributed by atoms with van der Waals surface area (Å²) in [6.07, 6.45) is 3.81. The van der Waals surface area contributed by atoms with Crippen LogP contribution in [0.1, 0.15) is 38.0 Å².